The van der Waals surface area contributed by atoms with Crippen molar-refractivity contribution in [2.45, 2.75) is 19.8 Å². The smallest absolute Gasteiger partial charge is 0.0408 e. The molecule has 0 amide bonds. The maximum atomic E-state index is 5.92. The summed E-state index contributed by atoms with van der Waals surface area (Å²) in [7, 11) is 0. The second kappa shape index (κ2) is 4.48. The van der Waals surface area contributed by atoms with Crippen LogP contribution in [0.5, 0.6) is 0 Å². The van der Waals surface area contributed by atoms with Crippen LogP contribution in [-0.2, 0) is 0 Å². The van der Waals surface area contributed by atoms with Crippen molar-refractivity contribution in [3.63, 3.8) is 0 Å². The zero-order chi connectivity index (χ0) is 9.84. The van der Waals surface area contributed by atoms with E-state index >= 15 is 0 Å². The summed E-state index contributed by atoms with van der Waals surface area (Å²) in [6.45, 7) is 8.22. The fourth-order valence-electron chi connectivity index (χ4n) is 1.51. The van der Waals surface area contributed by atoms with Crippen LogP contribution in [0.15, 0.2) is 36.9 Å². The van der Waals surface area contributed by atoms with Gasteiger partial charge >= 0.3 is 0 Å². The van der Waals surface area contributed by atoms with Crippen molar-refractivity contribution >= 4 is 11.6 Å². The van der Waals surface area contributed by atoms with Crippen LogP contribution in [-0.4, -0.2) is 0 Å². The molecule has 0 heterocycles. The molecule has 1 heteroatoms. The molecule has 0 aliphatic rings. The van der Waals surface area contributed by atoms with Crippen LogP contribution in [0.2, 0.25) is 5.02 Å². The monoisotopic (exact) mass is 194 g/mol. The number of hydrogen-bond donors (Lipinski definition) is 0. The van der Waals surface area contributed by atoms with E-state index in [1.54, 1.807) is 0 Å². The SMILES string of the molecule is C=C[C@H](c1cccc(Cl)c1)C(C)C. The summed E-state index contributed by atoms with van der Waals surface area (Å²) >= 11 is 5.92. The van der Waals surface area contributed by atoms with E-state index in [2.05, 4.69) is 26.5 Å². The van der Waals surface area contributed by atoms with Crippen molar-refractivity contribution in [1.82, 2.24) is 0 Å². The molecular formula is C12H15Cl. The van der Waals surface area contributed by atoms with Gasteiger partial charge in [-0.2, -0.15) is 0 Å². The highest BCUT2D eigenvalue weighted by Crippen LogP contribution is 2.26. The molecule has 0 saturated heterocycles. The lowest BCUT2D eigenvalue weighted by molar-refractivity contribution is 0.579. The van der Waals surface area contributed by atoms with Gasteiger partial charge in [-0.25, -0.2) is 0 Å². The van der Waals surface area contributed by atoms with E-state index in [-0.39, 0.29) is 0 Å². The molecule has 0 N–H and O–H groups in total. The second-order valence-electron chi connectivity index (χ2n) is 3.56. The van der Waals surface area contributed by atoms with Gasteiger partial charge in [-0.05, 0) is 23.6 Å². The number of hydrogen-bond acceptors (Lipinski definition) is 0. The molecule has 0 bridgehead atoms. The Hall–Kier alpha value is -0.750. The molecule has 0 saturated carbocycles. The lowest BCUT2D eigenvalue weighted by Crippen LogP contribution is -2.02. The molecule has 1 atom stereocenters. The quantitative estimate of drug-likeness (QED) is 0.631. The minimum atomic E-state index is 0.402. The summed E-state index contributed by atoms with van der Waals surface area (Å²) < 4.78 is 0. The average Bonchev–Trinajstić information content (AvgIpc) is 2.04. The molecule has 70 valence electrons. The number of allylic oxidation sites excluding steroid dienone is 1. The van der Waals surface area contributed by atoms with Crippen molar-refractivity contribution in [3.05, 3.63) is 47.5 Å². The first-order valence-corrected chi connectivity index (χ1v) is 4.91. The molecule has 0 aliphatic carbocycles. The van der Waals surface area contributed by atoms with Gasteiger partial charge in [0.25, 0.3) is 0 Å². The highest BCUT2D eigenvalue weighted by Gasteiger charge is 2.11. The molecule has 1 aromatic carbocycles. The van der Waals surface area contributed by atoms with Gasteiger partial charge in [-0.3, -0.25) is 0 Å². The Morgan fingerprint density at radius 1 is 1.38 bits per heavy atom. The van der Waals surface area contributed by atoms with Crippen molar-refractivity contribution in [2.75, 3.05) is 0 Å². The second-order valence-corrected chi connectivity index (χ2v) is 4.00. The van der Waals surface area contributed by atoms with Gasteiger partial charge in [-0.15, -0.1) is 6.58 Å². The fraction of sp³-hybridized carbons (Fsp3) is 0.333. The van der Waals surface area contributed by atoms with E-state index in [0.717, 1.165) is 5.02 Å². The maximum Gasteiger partial charge on any atom is 0.0408 e. The van der Waals surface area contributed by atoms with Crippen molar-refractivity contribution in [1.29, 1.82) is 0 Å². The van der Waals surface area contributed by atoms with Gasteiger partial charge in [-0.1, -0.05) is 43.7 Å². The van der Waals surface area contributed by atoms with E-state index in [9.17, 15) is 0 Å². The molecule has 0 spiro atoms. The third kappa shape index (κ3) is 2.60. The molecule has 0 aromatic heterocycles. The summed E-state index contributed by atoms with van der Waals surface area (Å²) in [6, 6.07) is 7.98. The Labute approximate surface area is 85.2 Å². The van der Waals surface area contributed by atoms with Crippen LogP contribution in [0.3, 0.4) is 0 Å². The first-order valence-electron chi connectivity index (χ1n) is 4.53. The Bertz CT molecular complexity index is 289. The predicted molar refractivity (Wildman–Crippen MR) is 59.2 cm³/mol. The molecule has 0 fully saturated rings. The highest BCUT2D eigenvalue weighted by atomic mass is 35.5. The third-order valence-corrected chi connectivity index (χ3v) is 2.44. The molecule has 0 radical (unpaired) electrons. The molecule has 1 aromatic rings. The summed E-state index contributed by atoms with van der Waals surface area (Å²) in [5.74, 6) is 0.967. The van der Waals surface area contributed by atoms with E-state index in [0.29, 0.717) is 11.8 Å². The van der Waals surface area contributed by atoms with Gasteiger partial charge < -0.3 is 0 Å². The van der Waals surface area contributed by atoms with Crippen LogP contribution in [0.1, 0.15) is 25.3 Å². The van der Waals surface area contributed by atoms with Gasteiger partial charge in [0.05, 0.1) is 0 Å². The molecular weight excluding hydrogens is 180 g/mol. The number of benzene rings is 1. The topological polar surface area (TPSA) is 0 Å². The van der Waals surface area contributed by atoms with Crippen LogP contribution < -0.4 is 0 Å². The minimum absolute atomic E-state index is 0.402. The van der Waals surface area contributed by atoms with Gasteiger partial charge in [0, 0.05) is 10.9 Å². The molecule has 13 heavy (non-hydrogen) atoms. The summed E-state index contributed by atoms with van der Waals surface area (Å²) in [6.07, 6.45) is 1.98. The standard InChI is InChI=1S/C12H15Cl/c1-4-12(9(2)3)10-6-5-7-11(13)8-10/h4-9,12H,1H2,2-3H3/t12-/m0/s1. The van der Waals surface area contributed by atoms with Crippen molar-refractivity contribution in [2.24, 2.45) is 5.92 Å². The lowest BCUT2D eigenvalue weighted by atomic mass is 9.89. The molecule has 1 rings (SSSR count). The molecule has 0 aliphatic heterocycles. The third-order valence-electron chi connectivity index (χ3n) is 2.21. The van der Waals surface area contributed by atoms with E-state index in [1.165, 1.54) is 5.56 Å². The van der Waals surface area contributed by atoms with Crippen LogP contribution in [0, 0.1) is 5.92 Å². The Morgan fingerprint density at radius 2 is 2.08 bits per heavy atom. The zero-order valence-corrected chi connectivity index (χ0v) is 8.88. The first kappa shape index (κ1) is 10.3. The zero-order valence-electron chi connectivity index (χ0n) is 8.13. The van der Waals surface area contributed by atoms with Gasteiger partial charge in [0.15, 0.2) is 0 Å². The number of halogens is 1. The van der Waals surface area contributed by atoms with E-state index < -0.39 is 0 Å². The predicted octanol–water partition coefficient (Wildman–Crippen LogP) is 4.27. The maximum absolute atomic E-state index is 5.92. The van der Waals surface area contributed by atoms with Gasteiger partial charge in [0.2, 0.25) is 0 Å². The van der Waals surface area contributed by atoms with Crippen LogP contribution in [0.25, 0.3) is 0 Å². The average molecular weight is 195 g/mol. The Morgan fingerprint density at radius 3 is 2.54 bits per heavy atom. The Kier molecular flexibility index (Phi) is 3.56. The van der Waals surface area contributed by atoms with Crippen molar-refractivity contribution in [3.8, 4) is 0 Å². The summed E-state index contributed by atoms with van der Waals surface area (Å²) in [5, 5.41) is 0.796. The molecule has 0 nitrogen and oxygen atoms in total. The van der Waals surface area contributed by atoms with E-state index in [4.69, 9.17) is 11.6 Å². The summed E-state index contributed by atoms with van der Waals surface area (Å²) in [5.41, 5.74) is 1.25. The molecule has 0 unspecified atom stereocenters. The largest absolute Gasteiger partial charge is 0.102 e. The minimum Gasteiger partial charge on any atom is -0.102 e. The van der Waals surface area contributed by atoms with Crippen molar-refractivity contribution < 1.29 is 0 Å². The number of rotatable bonds is 3. The van der Waals surface area contributed by atoms with Gasteiger partial charge in [0.1, 0.15) is 0 Å². The van der Waals surface area contributed by atoms with Crippen LogP contribution in [0.4, 0.5) is 0 Å². The van der Waals surface area contributed by atoms with E-state index in [1.807, 2.05) is 24.3 Å². The first-order chi connectivity index (χ1) is 6.15. The lowest BCUT2D eigenvalue weighted by Gasteiger charge is -2.16. The summed E-state index contributed by atoms with van der Waals surface area (Å²) in [4.78, 5) is 0. The Balaban J connectivity index is 2.98. The fourth-order valence-corrected chi connectivity index (χ4v) is 1.71. The normalized spacial score (nSPS) is 12.9. The van der Waals surface area contributed by atoms with Crippen LogP contribution >= 0.6 is 11.6 Å². The highest BCUT2D eigenvalue weighted by molar-refractivity contribution is 6.30.